The lowest BCUT2D eigenvalue weighted by Crippen LogP contribution is -2.40. The summed E-state index contributed by atoms with van der Waals surface area (Å²) in [5, 5.41) is 0. The Morgan fingerprint density at radius 1 is 1.82 bits per heavy atom. The van der Waals surface area contributed by atoms with Gasteiger partial charge in [-0.05, 0) is 6.32 Å². The molecule has 0 aliphatic carbocycles. The maximum Gasteiger partial charge on any atom is 0.216 e. The molecule has 1 saturated heterocycles. The van der Waals surface area contributed by atoms with Gasteiger partial charge in [-0.15, -0.1) is 0 Å². The van der Waals surface area contributed by atoms with Gasteiger partial charge >= 0.3 is 0 Å². The number of amides is 1. The van der Waals surface area contributed by atoms with E-state index in [9.17, 15) is 4.79 Å². The van der Waals surface area contributed by atoms with Gasteiger partial charge in [0.1, 0.15) is 6.23 Å². The van der Waals surface area contributed by atoms with E-state index in [1.807, 2.05) is 0 Å². The molecule has 1 aliphatic rings. The lowest BCUT2D eigenvalue weighted by atomic mass is 10.0. The number of ether oxygens (including phenoxy) is 1. The zero-order chi connectivity index (χ0) is 8.27. The minimum atomic E-state index is -0.258. The first-order valence-corrected chi connectivity index (χ1v) is 3.60. The molecule has 5 heteroatoms. The van der Waals surface area contributed by atoms with E-state index >= 15 is 0 Å². The van der Waals surface area contributed by atoms with Crippen LogP contribution < -0.4 is 5.73 Å². The molecular formula is C6H11BN2O2. The van der Waals surface area contributed by atoms with E-state index in [2.05, 4.69) is 0 Å². The Morgan fingerprint density at radius 3 is 3.09 bits per heavy atom. The van der Waals surface area contributed by atoms with Crippen LogP contribution in [0.5, 0.6) is 0 Å². The van der Waals surface area contributed by atoms with Crippen LogP contribution in [0.4, 0.5) is 0 Å². The third kappa shape index (κ3) is 1.72. The van der Waals surface area contributed by atoms with Crippen molar-refractivity contribution in [2.75, 3.05) is 19.7 Å². The maximum absolute atomic E-state index is 11.0. The molecule has 0 aromatic rings. The van der Waals surface area contributed by atoms with Crippen LogP contribution in [0.1, 0.15) is 0 Å². The molecule has 0 aromatic heterocycles. The molecule has 0 bridgehead atoms. The van der Waals surface area contributed by atoms with Crippen molar-refractivity contribution in [3.63, 3.8) is 0 Å². The Kier molecular flexibility index (Phi) is 2.90. The zero-order valence-corrected chi connectivity index (χ0v) is 6.32. The SMILES string of the molecule is [B]CC(=O)N1CCOC1CN. The summed E-state index contributed by atoms with van der Waals surface area (Å²) in [7, 11) is 5.18. The van der Waals surface area contributed by atoms with Crippen LogP contribution in [-0.2, 0) is 9.53 Å². The lowest BCUT2D eigenvalue weighted by Gasteiger charge is -2.20. The van der Waals surface area contributed by atoms with Crippen LogP contribution in [0.3, 0.4) is 0 Å². The fourth-order valence-electron chi connectivity index (χ4n) is 1.12. The van der Waals surface area contributed by atoms with Crippen molar-refractivity contribution in [3.8, 4) is 0 Å². The second-order valence-electron chi connectivity index (χ2n) is 2.35. The molecule has 1 rings (SSSR count). The molecule has 11 heavy (non-hydrogen) atoms. The third-order valence-electron chi connectivity index (χ3n) is 1.69. The number of hydrogen-bond donors (Lipinski definition) is 1. The van der Waals surface area contributed by atoms with Gasteiger partial charge in [0.05, 0.1) is 14.5 Å². The summed E-state index contributed by atoms with van der Waals surface area (Å²) in [5.41, 5.74) is 5.36. The first-order valence-electron chi connectivity index (χ1n) is 3.60. The van der Waals surface area contributed by atoms with Crippen LogP contribution in [-0.4, -0.2) is 44.6 Å². The van der Waals surface area contributed by atoms with Crippen molar-refractivity contribution >= 4 is 13.8 Å². The summed E-state index contributed by atoms with van der Waals surface area (Å²) in [4.78, 5) is 12.6. The van der Waals surface area contributed by atoms with Gasteiger partial charge in [-0.1, -0.05) is 0 Å². The van der Waals surface area contributed by atoms with Crippen LogP contribution >= 0.6 is 0 Å². The molecular weight excluding hydrogens is 143 g/mol. The number of carbonyl (C=O) groups is 1. The predicted octanol–water partition coefficient (Wildman–Crippen LogP) is -1.28. The van der Waals surface area contributed by atoms with E-state index in [0.717, 1.165) is 0 Å². The number of rotatable bonds is 2. The van der Waals surface area contributed by atoms with E-state index < -0.39 is 0 Å². The number of nitrogens with zero attached hydrogens (tertiary/aromatic N) is 1. The molecule has 1 atom stereocenters. The Bertz CT molecular complexity index is 154. The van der Waals surface area contributed by atoms with Gasteiger partial charge in [-0.25, -0.2) is 0 Å². The largest absolute Gasteiger partial charge is 0.355 e. The van der Waals surface area contributed by atoms with Crippen molar-refractivity contribution in [3.05, 3.63) is 0 Å². The van der Waals surface area contributed by atoms with Gasteiger partial charge in [-0.3, -0.25) is 4.79 Å². The summed E-state index contributed by atoms with van der Waals surface area (Å²) in [6, 6.07) is 0. The number of carbonyl (C=O) groups excluding carboxylic acids is 1. The van der Waals surface area contributed by atoms with Gasteiger partial charge in [0.2, 0.25) is 5.91 Å². The van der Waals surface area contributed by atoms with Crippen molar-refractivity contribution in [2.24, 2.45) is 5.73 Å². The van der Waals surface area contributed by atoms with Crippen LogP contribution in [0.25, 0.3) is 0 Å². The lowest BCUT2D eigenvalue weighted by molar-refractivity contribution is -0.133. The standard InChI is InChI=1S/C6H11BN2O2/c7-3-5(10)9-1-2-11-6(9)4-8/h6H,1-4,8H2. The highest BCUT2D eigenvalue weighted by atomic mass is 16.5. The van der Waals surface area contributed by atoms with E-state index in [4.69, 9.17) is 18.3 Å². The molecule has 0 aromatic carbocycles. The monoisotopic (exact) mass is 154 g/mol. The Hall–Kier alpha value is -0.545. The fourth-order valence-corrected chi connectivity index (χ4v) is 1.12. The van der Waals surface area contributed by atoms with E-state index in [-0.39, 0.29) is 18.5 Å². The molecule has 1 unspecified atom stereocenters. The summed E-state index contributed by atoms with van der Waals surface area (Å²) in [5.74, 6) is -0.0991. The third-order valence-corrected chi connectivity index (χ3v) is 1.69. The van der Waals surface area contributed by atoms with Crippen molar-refractivity contribution in [2.45, 2.75) is 12.5 Å². The fraction of sp³-hybridized carbons (Fsp3) is 0.833. The highest BCUT2D eigenvalue weighted by molar-refractivity contribution is 6.19. The van der Waals surface area contributed by atoms with Crippen molar-refractivity contribution in [1.29, 1.82) is 0 Å². The zero-order valence-electron chi connectivity index (χ0n) is 6.32. The molecule has 2 radical (unpaired) electrons. The van der Waals surface area contributed by atoms with Crippen molar-refractivity contribution < 1.29 is 9.53 Å². The molecule has 0 spiro atoms. The second kappa shape index (κ2) is 3.73. The topological polar surface area (TPSA) is 55.6 Å². The summed E-state index contributed by atoms with van der Waals surface area (Å²) in [6.07, 6.45) is -0.231. The minimum Gasteiger partial charge on any atom is -0.355 e. The first-order chi connectivity index (χ1) is 5.29. The maximum atomic E-state index is 11.0. The highest BCUT2D eigenvalue weighted by Gasteiger charge is 2.26. The molecule has 60 valence electrons. The van der Waals surface area contributed by atoms with Crippen LogP contribution in [0.2, 0.25) is 6.32 Å². The normalized spacial score (nSPS) is 24.1. The van der Waals surface area contributed by atoms with E-state index in [1.54, 1.807) is 4.90 Å². The Morgan fingerprint density at radius 2 is 2.55 bits per heavy atom. The van der Waals surface area contributed by atoms with Gasteiger partial charge in [0.15, 0.2) is 0 Å². The van der Waals surface area contributed by atoms with Gasteiger partial charge in [0.25, 0.3) is 0 Å². The predicted molar refractivity (Wildman–Crippen MR) is 41.1 cm³/mol. The Labute approximate surface area is 67.1 Å². The van der Waals surface area contributed by atoms with Gasteiger partial charge in [0, 0.05) is 13.1 Å². The van der Waals surface area contributed by atoms with Crippen LogP contribution in [0, 0.1) is 0 Å². The Balaban J connectivity index is 2.49. The molecule has 1 heterocycles. The summed E-state index contributed by atoms with van der Waals surface area (Å²) < 4.78 is 5.16. The first kappa shape index (κ1) is 8.55. The molecule has 2 N–H and O–H groups in total. The van der Waals surface area contributed by atoms with E-state index in [0.29, 0.717) is 19.7 Å². The molecule has 1 fully saturated rings. The molecule has 0 saturated carbocycles. The smallest absolute Gasteiger partial charge is 0.216 e. The molecule has 4 nitrogen and oxygen atoms in total. The molecule has 1 aliphatic heterocycles. The second-order valence-corrected chi connectivity index (χ2v) is 2.35. The average molecular weight is 154 g/mol. The average Bonchev–Trinajstić information content (AvgIpc) is 2.50. The highest BCUT2D eigenvalue weighted by Crippen LogP contribution is 2.09. The quantitative estimate of drug-likeness (QED) is 0.504. The number of nitrogens with two attached hydrogens (primary N) is 1. The van der Waals surface area contributed by atoms with Gasteiger partial charge < -0.3 is 15.4 Å². The minimum absolute atomic E-state index is 0.0276. The number of hydrogen-bond acceptors (Lipinski definition) is 3. The summed E-state index contributed by atoms with van der Waals surface area (Å²) >= 11 is 0. The van der Waals surface area contributed by atoms with Crippen molar-refractivity contribution in [1.82, 2.24) is 4.90 Å². The van der Waals surface area contributed by atoms with Crippen LogP contribution in [0.15, 0.2) is 0 Å². The summed E-state index contributed by atoms with van der Waals surface area (Å²) in [6.45, 7) is 1.51. The molecule has 1 amide bonds. The van der Waals surface area contributed by atoms with E-state index in [1.165, 1.54) is 0 Å². The van der Waals surface area contributed by atoms with Gasteiger partial charge in [-0.2, -0.15) is 0 Å².